The number of benzene rings is 1. The van der Waals surface area contributed by atoms with Crippen molar-refractivity contribution in [2.75, 3.05) is 37.8 Å². The smallest absolute Gasteiger partial charge is 0.0446 e. The number of allylic oxidation sites excluding steroid dienone is 1. The van der Waals surface area contributed by atoms with Crippen molar-refractivity contribution < 1.29 is 0 Å². The number of nitrogen functional groups attached to an aromatic ring is 1. The molecule has 2 N–H and O–H groups in total. The van der Waals surface area contributed by atoms with Crippen LogP contribution in [0.5, 0.6) is 0 Å². The summed E-state index contributed by atoms with van der Waals surface area (Å²) in [7, 11) is 4.17. The molecule has 0 aromatic heterocycles. The third kappa shape index (κ3) is 2.04. The van der Waals surface area contributed by atoms with E-state index in [1.54, 1.807) is 0 Å². The molecule has 2 rings (SSSR count). The van der Waals surface area contributed by atoms with E-state index < -0.39 is 0 Å². The first-order valence-electron chi connectivity index (χ1n) is 5.56. The highest BCUT2D eigenvalue weighted by atomic mass is 15.2. The van der Waals surface area contributed by atoms with Gasteiger partial charge in [0.15, 0.2) is 0 Å². The van der Waals surface area contributed by atoms with Crippen LogP contribution in [0.2, 0.25) is 0 Å². The normalized spacial score (nSPS) is 14.7. The molecule has 0 atom stereocenters. The summed E-state index contributed by atoms with van der Waals surface area (Å²) in [5.74, 6) is 0. The van der Waals surface area contributed by atoms with Crippen LogP contribution in [0.15, 0.2) is 30.5 Å². The Morgan fingerprint density at radius 3 is 2.88 bits per heavy atom. The van der Waals surface area contributed by atoms with Crippen molar-refractivity contribution in [1.29, 1.82) is 0 Å². The maximum atomic E-state index is 5.79. The molecule has 1 aromatic carbocycles. The average Bonchev–Trinajstić information content (AvgIpc) is 2.50. The summed E-state index contributed by atoms with van der Waals surface area (Å²) in [6.07, 6.45) is 0.924. The van der Waals surface area contributed by atoms with Crippen molar-refractivity contribution in [3.8, 4) is 0 Å². The molecule has 3 nitrogen and oxygen atoms in total. The summed E-state index contributed by atoms with van der Waals surface area (Å²) in [6.45, 7) is 6.14. The molecular formula is C13H19N3. The maximum absolute atomic E-state index is 5.79. The minimum absolute atomic E-state index is 0.834. The molecule has 0 spiro atoms. The van der Waals surface area contributed by atoms with Gasteiger partial charge in [-0.3, -0.25) is 0 Å². The lowest BCUT2D eigenvalue weighted by Crippen LogP contribution is -2.28. The van der Waals surface area contributed by atoms with Crippen molar-refractivity contribution in [2.45, 2.75) is 6.42 Å². The highest BCUT2D eigenvalue weighted by Gasteiger charge is 2.22. The molecule has 1 aliphatic heterocycles. The highest BCUT2D eigenvalue weighted by Crippen LogP contribution is 2.34. The first kappa shape index (κ1) is 11.0. The zero-order valence-electron chi connectivity index (χ0n) is 10.0. The first-order chi connectivity index (χ1) is 7.58. The van der Waals surface area contributed by atoms with Crippen molar-refractivity contribution >= 4 is 11.4 Å². The van der Waals surface area contributed by atoms with E-state index in [4.69, 9.17) is 5.73 Å². The topological polar surface area (TPSA) is 32.5 Å². The van der Waals surface area contributed by atoms with Gasteiger partial charge in [-0.05, 0) is 37.9 Å². The molecule has 0 radical (unpaired) electrons. The van der Waals surface area contributed by atoms with Gasteiger partial charge in [-0.2, -0.15) is 0 Å². The third-order valence-corrected chi connectivity index (χ3v) is 2.94. The van der Waals surface area contributed by atoms with E-state index in [0.717, 1.165) is 25.2 Å². The minimum Gasteiger partial charge on any atom is -0.399 e. The lowest BCUT2D eigenvalue weighted by Gasteiger charge is -2.22. The Morgan fingerprint density at radius 1 is 1.44 bits per heavy atom. The second kappa shape index (κ2) is 4.18. The Kier molecular flexibility index (Phi) is 2.88. The first-order valence-corrected chi connectivity index (χ1v) is 5.56. The van der Waals surface area contributed by atoms with Gasteiger partial charge in [-0.1, -0.05) is 6.58 Å². The molecule has 0 saturated heterocycles. The summed E-state index contributed by atoms with van der Waals surface area (Å²) in [5, 5.41) is 0. The van der Waals surface area contributed by atoms with Gasteiger partial charge >= 0.3 is 0 Å². The van der Waals surface area contributed by atoms with Crippen molar-refractivity contribution in [1.82, 2.24) is 4.90 Å². The van der Waals surface area contributed by atoms with Gasteiger partial charge < -0.3 is 15.5 Å². The van der Waals surface area contributed by atoms with Crippen LogP contribution in [-0.4, -0.2) is 32.1 Å². The molecule has 0 amide bonds. The standard InChI is InChI=1S/C13H19N3/c1-10-8-11-9-12(14)4-5-13(11)16(10)7-6-15(2)3/h4-5,9H,1,6-8,14H2,2-3H3. The van der Waals surface area contributed by atoms with E-state index in [2.05, 4.69) is 42.6 Å². The fourth-order valence-corrected chi connectivity index (χ4v) is 2.07. The highest BCUT2D eigenvalue weighted by molar-refractivity contribution is 5.68. The minimum atomic E-state index is 0.834. The van der Waals surface area contributed by atoms with Gasteiger partial charge in [-0.15, -0.1) is 0 Å². The van der Waals surface area contributed by atoms with Gasteiger partial charge in [0, 0.05) is 36.6 Å². The fourth-order valence-electron chi connectivity index (χ4n) is 2.07. The van der Waals surface area contributed by atoms with E-state index in [9.17, 15) is 0 Å². The maximum Gasteiger partial charge on any atom is 0.0446 e. The summed E-state index contributed by atoms with van der Waals surface area (Å²) >= 11 is 0. The lowest BCUT2D eigenvalue weighted by atomic mass is 10.1. The van der Waals surface area contributed by atoms with Crippen LogP contribution in [0.3, 0.4) is 0 Å². The number of nitrogens with two attached hydrogens (primary N) is 1. The Bertz CT molecular complexity index is 410. The molecule has 0 bridgehead atoms. The fraction of sp³-hybridized carbons (Fsp3) is 0.385. The summed E-state index contributed by atoms with van der Waals surface area (Å²) < 4.78 is 0. The number of hydrogen-bond donors (Lipinski definition) is 1. The van der Waals surface area contributed by atoms with E-state index in [1.807, 2.05) is 6.07 Å². The molecule has 1 aromatic rings. The predicted molar refractivity (Wildman–Crippen MR) is 69.6 cm³/mol. The number of likely N-dealkylation sites (N-methyl/N-ethyl adjacent to an activating group) is 1. The molecule has 1 heterocycles. The molecule has 0 saturated carbocycles. The average molecular weight is 217 g/mol. The Morgan fingerprint density at radius 2 is 2.19 bits per heavy atom. The number of fused-ring (bicyclic) bond motifs is 1. The number of nitrogens with zero attached hydrogens (tertiary/aromatic N) is 2. The largest absolute Gasteiger partial charge is 0.399 e. The molecule has 16 heavy (non-hydrogen) atoms. The van der Waals surface area contributed by atoms with Crippen LogP contribution in [0.1, 0.15) is 5.56 Å². The number of rotatable bonds is 3. The van der Waals surface area contributed by atoms with Crippen LogP contribution in [0, 0.1) is 0 Å². The van der Waals surface area contributed by atoms with Crippen molar-refractivity contribution in [3.63, 3.8) is 0 Å². The zero-order valence-corrected chi connectivity index (χ0v) is 10.0. The molecule has 3 heteroatoms. The number of anilines is 2. The van der Waals surface area contributed by atoms with Crippen LogP contribution in [-0.2, 0) is 6.42 Å². The molecule has 0 fully saturated rings. The Hall–Kier alpha value is -1.48. The summed E-state index contributed by atoms with van der Waals surface area (Å²) in [5.41, 5.74) is 10.4. The number of hydrogen-bond acceptors (Lipinski definition) is 3. The van der Waals surface area contributed by atoms with Gasteiger partial charge in [0.1, 0.15) is 0 Å². The monoisotopic (exact) mass is 217 g/mol. The van der Waals surface area contributed by atoms with Gasteiger partial charge in [0.2, 0.25) is 0 Å². The summed E-state index contributed by atoms with van der Waals surface area (Å²) in [4.78, 5) is 4.47. The van der Waals surface area contributed by atoms with E-state index in [1.165, 1.54) is 16.9 Å². The molecule has 86 valence electrons. The van der Waals surface area contributed by atoms with E-state index in [0.29, 0.717) is 0 Å². The van der Waals surface area contributed by atoms with Crippen molar-refractivity contribution in [2.24, 2.45) is 0 Å². The molecule has 0 aliphatic carbocycles. The SMILES string of the molecule is C=C1Cc2cc(N)ccc2N1CCN(C)C. The lowest BCUT2D eigenvalue weighted by molar-refractivity contribution is 0.417. The third-order valence-electron chi connectivity index (χ3n) is 2.94. The second-order valence-corrected chi connectivity index (χ2v) is 4.59. The van der Waals surface area contributed by atoms with Crippen LogP contribution in [0.4, 0.5) is 11.4 Å². The molecule has 0 unspecified atom stereocenters. The predicted octanol–water partition coefficient (Wildman–Crippen LogP) is 1.71. The molecule has 1 aliphatic rings. The van der Waals surface area contributed by atoms with Gasteiger partial charge in [0.25, 0.3) is 0 Å². The van der Waals surface area contributed by atoms with E-state index >= 15 is 0 Å². The zero-order chi connectivity index (χ0) is 11.7. The Labute approximate surface area is 97.2 Å². The van der Waals surface area contributed by atoms with Gasteiger partial charge in [-0.25, -0.2) is 0 Å². The summed E-state index contributed by atoms with van der Waals surface area (Å²) in [6, 6.07) is 6.11. The molecular weight excluding hydrogens is 198 g/mol. The van der Waals surface area contributed by atoms with Crippen molar-refractivity contribution in [3.05, 3.63) is 36.0 Å². The van der Waals surface area contributed by atoms with Gasteiger partial charge in [0.05, 0.1) is 0 Å². The van der Waals surface area contributed by atoms with Crippen LogP contribution in [0.25, 0.3) is 0 Å². The van der Waals surface area contributed by atoms with E-state index in [-0.39, 0.29) is 0 Å². The second-order valence-electron chi connectivity index (χ2n) is 4.59. The van der Waals surface area contributed by atoms with Crippen LogP contribution < -0.4 is 10.6 Å². The van der Waals surface area contributed by atoms with Crippen LogP contribution >= 0.6 is 0 Å². The Balaban J connectivity index is 2.19. The quantitative estimate of drug-likeness (QED) is 0.782.